The molecule has 0 unspecified atom stereocenters. The maximum absolute atomic E-state index is 5.95. The van der Waals surface area contributed by atoms with Crippen LogP contribution in [-0.4, -0.2) is 60.5 Å². The van der Waals surface area contributed by atoms with E-state index in [2.05, 4.69) is 14.9 Å². The molecule has 0 aliphatic carbocycles. The van der Waals surface area contributed by atoms with E-state index in [0.29, 0.717) is 19.8 Å². The average molecular weight is 331 g/mol. The van der Waals surface area contributed by atoms with Crippen LogP contribution < -0.4 is 4.74 Å². The fourth-order valence-electron chi connectivity index (χ4n) is 2.88. The summed E-state index contributed by atoms with van der Waals surface area (Å²) >= 11 is 0. The van der Waals surface area contributed by atoms with Crippen LogP contribution in [0.25, 0.3) is 0 Å². The van der Waals surface area contributed by atoms with E-state index in [4.69, 9.17) is 14.2 Å². The van der Waals surface area contributed by atoms with Gasteiger partial charge in [-0.05, 0) is 19.1 Å². The van der Waals surface area contributed by atoms with E-state index in [9.17, 15) is 0 Å². The van der Waals surface area contributed by atoms with Crippen molar-refractivity contribution in [1.29, 1.82) is 0 Å². The number of imidazole rings is 1. The van der Waals surface area contributed by atoms with Gasteiger partial charge in [0.05, 0.1) is 25.2 Å². The summed E-state index contributed by atoms with van der Waals surface area (Å²) in [5.41, 5.74) is 1.67. The van der Waals surface area contributed by atoms with Crippen molar-refractivity contribution >= 4 is 0 Å². The van der Waals surface area contributed by atoms with Gasteiger partial charge in [-0.3, -0.25) is 4.90 Å². The van der Waals surface area contributed by atoms with Crippen molar-refractivity contribution in [2.75, 3.05) is 40.0 Å². The Morgan fingerprint density at radius 3 is 2.88 bits per heavy atom. The van der Waals surface area contributed by atoms with Crippen molar-refractivity contribution in [3.05, 3.63) is 48.0 Å². The highest BCUT2D eigenvalue weighted by Gasteiger charge is 2.36. The summed E-state index contributed by atoms with van der Waals surface area (Å²) in [4.78, 5) is 9.84. The Bertz CT molecular complexity index is 631. The quantitative estimate of drug-likeness (QED) is 0.877. The van der Waals surface area contributed by atoms with Crippen LogP contribution >= 0.6 is 0 Å². The van der Waals surface area contributed by atoms with E-state index in [1.807, 2.05) is 37.3 Å². The first-order chi connectivity index (χ1) is 11.7. The van der Waals surface area contributed by atoms with Crippen molar-refractivity contribution < 1.29 is 14.2 Å². The molecule has 0 radical (unpaired) electrons. The van der Waals surface area contributed by atoms with Crippen LogP contribution in [0.1, 0.15) is 11.4 Å². The summed E-state index contributed by atoms with van der Waals surface area (Å²) in [5.74, 6) is 0.841. The van der Waals surface area contributed by atoms with Crippen molar-refractivity contribution in [1.82, 2.24) is 14.9 Å². The molecule has 6 heteroatoms. The SMILES string of the molecule is CO[C@@]1(COc2ccccc2)COCCN(Cc2nc[nH]c2C)C1. The molecule has 3 rings (SSSR count). The van der Waals surface area contributed by atoms with Gasteiger partial charge in [0.2, 0.25) is 0 Å². The maximum atomic E-state index is 5.95. The number of hydrogen-bond acceptors (Lipinski definition) is 5. The number of nitrogens with zero attached hydrogens (tertiary/aromatic N) is 2. The normalized spacial score (nSPS) is 22.2. The molecule has 1 aliphatic heterocycles. The first-order valence-corrected chi connectivity index (χ1v) is 8.23. The smallest absolute Gasteiger partial charge is 0.137 e. The standard InChI is InChI=1S/C18H25N3O3/c1-15-17(20-14-19-15)10-21-8-9-23-12-18(11-21,22-2)13-24-16-6-4-3-5-7-16/h3-7,14H,8-13H2,1-2H3,(H,19,20)/t18-/m1/s1. The predicted molar refractivity (Wildman–Crippen MR) is 91.1 cm³/mol. The zero-order chi connectivity index (χ0) is 16.8. The summed E-state index contributed by atoms with van der Waals surface area (Å²) in [7, 11) is 1.72. The fraction of sp³-hybridized carbons (Fsp3) is 0.500. The largest absolute Gasteiger partial charge is 0.490 e. The van der Waals surface area contributed by atoms with Gasteiger partial charge in [-0.1, -0.05) is 18.2 Å². The number of para-hydroxylation sites is 1. The number of benzene rings is 1. The van der Waals surface area contributed by atoms with Crippen molar-refractivity contribution in [3.8, 4) is 5.75 Å². The molecular weight excluding hydrogens is 306 g/mol. The number of methoxy groups -OCH3 is 1. The van der Waals surface area contributed by atoms with Crippen LogP contribution in [0.4, 0.5) is 0 Å². The second-order valence-electron chi connectivity index (χ2n) is 6.23. The van der Waals surface area contributed by atoms with Gasteiger partial charge < -0.3 is 19.2 Å². The van der Waals surface area contributed by atoms with Crippen LogP contribution in [-0.2, 0) is 16.0 Å². The van der Waals surface area contributed by atoms with E-state index in [-0.39, 0.29) is 0 Å². The van der Waals surface area contributed by atoms with Gasteiger partial charge in [0, 0.05) is 32.4 Å². The molecule has 1 aromatic heterocycles. The summed E-state index contributed by atoms with van der Waals surface area (Å²) in [6.07, 6.45) is 1.74. The van der Waals surface area contributed by atoms with Crippen molar-refractivity contribution in [3.63, 3.8) is 0 Å². The highest BCUT2D eigenvalue weighted by atomic mass is 16.6. The minimum absolute atomic E-state index is 0.448. The lowest BCUT2D eigenvalue weighted by Crippen LogP contribution is -2.50. The summed E-state index contributed by atoms with van der Waals surface area (Å²) in [6.45, 7) is 6.05. The van der Waals surface area contributed by atoms with Gasteiger partial charge in [-0.2, -0.15) is 0 Å². The van der Waals surface area contributed by atoms with Crippen LogP contribution in [0.15, 0.2) is 36.7 Å². The number of aromatic amines is 1. The minimum Gasteiger partial charge on any atom is -0.490 e. The molecule has 1 aliphatic rings. The Morgan fingerprint density at radius 1 is 1.33 bits per heavy atom. The third-order valence-corrected chi connectivity index (χ3v) is 4.41. The predicted octanol–water partition coefficient (Wildman–Crippen LogP) is 2.01. The lowest BCUT2D eigenvalue weighted by atomic mass is 10.1. The number of nitrogens with one attached hydrogen (secondary N) is 1. The van der Waals surface area contributed by atoms with Gasteiger partial charge in [-0.15, -0.1) is 0 Å². The van der Waals surface area contributed by atoms with E-state index in [0.717, 1.165) is 36.8 Å². The molecule has 130 valence electrons. The first kappa shape index (κ1) is 17.0. The first-order valence-electron chi connectivity index (χ1n) is 8.23. The number of H-pyrrole nitrogens is 1. The molecule has 2 aromatic rings. The number of rotatable bonds is 6. The van der Waals surface area contributed by atoms with E-state index < -0.39 is 5.60 Å². The van der Waals surface area contributed by atoms with Crippen LogP contribution in [0.3, 0.4) is 0 Å². The molecular formula is C18H25N3O3. The minimum atomic E-state index is -0.490. The molecule has 1 N–H and O–H groups in total. The number of hydrogen-bond donors (Lipinski definition) is 1. The van der Waals surface area contributed by atoms with Crippen molar-refractivity contribution in [2.24, 2.45) is 0 Å². The third-order valence-electron chi connectivity index (χ3n) is 4.41. The maximum Gasteiger partial charge on any atom is 0.137 e. The zero-order valence-corrected chi connectivity index (χ0v) is 14.3. The summed E-state index contributed by atoms with van der Waals surface area (Å²) < 4.78 is 17.6. The summed E-state index contributed by atoms with van der Waals surface area (Å²) in [5, 5.41) is 0. The Morgan fingerprint density at radius 2 is 2.17 bits per heavy atom. The molecule has 0 spiro atoms. The van der Waals surface area contributed by atoms with Gasteiger partial charge in [-0.25, -0.2) is 4.98 Å². The molecule has 0 saturated carbocycles. The molecule has 24 heavy (non-hydrogen) atoms. The highest BCUT2D eigenvalue weighted by molar-refractivity contribution is 5.21. The molecule has 1 aromatic carbocycles. The molecule has 1 fully saturated rings. The van der Waals surface area contributed by atoms with E-state index in [1.165, 1.54) is 0 Å². The molecule has 0 bridgehead atoms. The average Bonchev–Trinajstić information content (AvgIpc) is 2.90. The zero-order valence-electron chi connectivity index (χ0n) is 14.3. The van der Waals surface area contributed by atoms with Gasteiger partial charge in [0.25, 0.3) is 0 Å². The van der Waals surface area contributed by atoms with E-state index in [1.54, 1.807) is 13.4 Å². The molecule has 6 nitrogen and oxygen atoms in total. The Hall–Kier alpha value is -1.89. The molecule has 1 atom stereocenters. The van der Waals surface area contributed by atoms with Gasteiger partial charge in [0.15, 0.2) is 0 Å². The Labute approximate surface area is 142 Å². The number of aryl methyl sites for hydroxylation is 1. The summed E-state index contributed by atoms with van der Waals surface area (Å²) in [6, 6.07) is 9.80. The topological polar surface area (TPSA) is 59.6 Å². The van der Waals surface area contributed by atoms with Gasteiger partial charge >= 0.3 is 0 Å². The van der Waals surface area contributed by atoms with Crippen LogP contribution in [0, 0.1) is 6.92 Å². The van der Waals surface area contributed by atoms with Gasteiger partial charge in [0.1, 0.15) is 18.0 Å². The Kier molecular flexibility index (Phi) is 5.50. The second kappa shape index (κ2) is 7.79. The second-order valence-corrected chi connectivity index (χ2v) is 6.23. The van der Waals surface area contributed by atoms with Crippen LogP contribution in [0.5, 0.6) is 5.75 Å². The Balaban J connectivity index is 1.67. The molecule has 1 saturated heterocycles. The van der Waals surface area contributed by atoms with Crippen molar-refractivity contribution in [2.45, 2.75) is 19.1 Å². The lowest BCUT2D eigenvalue weighted by molar-refractivity contribution is -0.0926. The van der Waals surface area contributed by atoms with Crippen LogP contribution in [0.2, 0.25) is 0 Å². The molecule has 2 heterocycles. The fourth-order valence-corrected chi connectivity index (χ4v) is 2.88. The third kappa shape index (κ3) is 4.14. The number of ether oxygens (including phenoxy) is 3. The highest BCUT2D eigenvalue weighted by Crippen LogP contribution is 2.21. The lowest BCUT2D eigenvalue weighted by Gasteiger charge is -2.33. The molecule has 0 amide bonds. The number of aromatic nitrogens is 2. The van der Waals surface area contributed by atoms with E-state index >= 15 is 0 Å². The monoisotopic (exact) mass is 331 g/mol.